The Balaban J connectivity index is 1.68. The van der Waals surface area contributed by atoms with Crippen molar-refractivity contribution in [1.29, 1.82) is 0 Å². The smallest absolute Gasteiger partial charge is 0.137 e. The first kappa shape index (κ1) is 14.8. The number of rotatable bonds is 7. The zero-order valence-electron chi connectivity index (χ0n) is 11.6. The van der Waals surface area contributed by atoms with Gasteiger partial charge in [-0.25, -0.2) is 0 Å². The van der Waals surface area contributed by atoms with Crippen LogP contribution in [0, 0.1) is 0 Å². The van der Waals surface area contributed by atoms with E-state index >= 15 is 0 Å². The highest BCUT2D eigenvalue weighted by molar-refractivity contribution is 6.32. The fraction of sp³-hybridized carbons (Fsp3) is 0.312. The fourth-order valence-electron chi connectivity index (χ4n) is 1.85. The van der Waals surface area contributed by atoms with Crippen LogP contribution in [0.15, 0.2) is 48.8 Å². The van der Waals surface area contributed by atoms with Crippen molar-refractivity contribution in [2.45, 2.75) is 6.42 Å². The molecule has 2 aromatic rings. The number of aromatic nitrogens is 1. The molecule has 2 rings (SSSR count). The van der Waals surface area contributed by atoms with Crippen LogP contribution in [0.25, 0.3) is 0 Å². The molecule has 0 bridgehead atoms. The Morgan fingerprint density at radius 3 is 2.60 bits per heavy atom. The largest absolute Gasteiger partial charge is 0.491 e. The standard InChI is InChI=1S/C16H19ClN2O/c1-19(11-8-14-6-9-18-10-7-14)12-13-20-16-5-3-2-4-15(16)17/h2-7,9-10H,8,11-13H2,1H3. The van der Waals surface area contributed by atoms with E-state index in [0.717, 1.165) is 25.3 Å². The summed E-state index contributed by atoms with van der Waals surface area (Å²) in [6.45, 7) is 2.50. The third-order valence-electron chi connectivity index (χ3n) is 3.10. The van der Waals surface area contributed by atoms with Crippen molar-refractivity contribution in [3.8, 4) is 5.75 Å². The normalized spacial score (nSPS) is 10.8. The summed E-state index contributed by atoms with van der Waals surface area (Å²) in [7, 11) is 2.09. The van der Waals surface area contributed by atoms with Crippen molar-refractivity contribution in [3.05, 3.63) is 59.4 Å². The third-order valence-corrected chi connectivity index (χ3v) is 3.41. The molecule has 4 heteroatoms. The SMILES string of the molecule is CN(CCOc1ccccc1Cl)CCc1ccncc1. The van der Waals surface area contributed by atoms with E-state index in [-0.39, 0.29) is 0 Å². The second-order valence-electron chi connectivity index (χ2n) is 4.69. The molecular weight excluding hydrogens is 272 g/mol. The summed E-state index contributed by atoms with van der Waals surface area (Å²) in [4.78, 5) is 6.27. The average Bonchev–Trinajstić information content (AvgIpc) is 2.48. The molecule has 0 N–H and O–H groups in total. The van der Waals surface area contributed by atoms with Crippen molar-refractivity contribution < 1.29 is 4.74 Å². The lowest BCUT2D eigenvalue weighted by Crippen LogP contribution is -2.26. The predicted octanol–water partition coefficient (Wildman–Crippen LogP) is 3.29. The molecule has 0 saturated carbocycles. The van der Waals surface area contributed by atoms with Gasteiger partial charge in [0, 0.05) is 25.5 Å². The van der Waals surface area contributed by atoms with E-state index in [2.05, 4.69) is 16.9 Å². The lowest BCUT2D eigenvalue weighted by atomic mass is 10.2. The Bertz CT molecular complexity index is 519. The van der Waals surface area contributed by atoms with Crippen molar-refractivity contribution in [2.75, 3.05) is 26.7 Å². The number of ether oxygens (including phenoxy) is 1. The van der Waals surface area contributed by atoms with E-state index in [4.69, 9.17) is 16.3 Å². The van der Waals surface area contributed by atoms with Crippen LogP contribution in [0.1, 0.15) is 5.56 Å². The minimum Gasteiger partial charge on any atom is -0.491 e. The second-order valence-corrected chi connectivity index (χ2v) is 5.09. The van der Waals surface area contributed by atoms with Crippen molar-refractivity contribution in [3.63, 3.8) is 0 Å². The molecule has 1 heterocycles. The van der Waals surface area contributed by atoms with Crippen LogP contribution in [0.4, 0.5) is 0 Å². The highest BCUT2D eigenvalue weighted by Crippen LogP contribution is 2.22. The van der Waals surface area contributed by atoms with E-state index in [9.17, 15) is 0 Å². The first-order chi connectivity index (χ1) is 9.75. The molecule has 0 atom stereocenters. The van der Waals surface area contributed by atoms with Gasteiger partial charge in [0.25, 0.3) is 0 Å². The molecule has 106 valence electrons. The summed E-state index contributed by atoms with van der Waals surface area (Å²) >= 11 is 6.04. The van der Waals surface area contributed by atoms with Gasteiger partial charge in [-0.15, -0.1) is 0 Å². The fourth-order valence-corrected chi connectivity index (χ4v) is 2.04. The van der Waals surface area contributed by atoms with Gasteiger partial charge >= 0.3 is 0 Å². The van der Waals surface area contributed by atoms with Crippen molar-refractivity contribution in [1.82, 2.24) is 9.88 Å². The van der Waals surface area contributed by atoms with Gasteiger partial charge in [0.2, 0.25) is 0 Å². The molecule has 0 aliphatic carbocycles. The third kappa shape index (κ3) is 4.83. The van der Waals surface area contributed by atoms with Gasteiger partial charge in [0.15, 0.2) is 0 Å². The number of hydrogen-bond donors (Lipinski definition) is 0. The Morgan fingerprint density at radius 2 is 1.85 bits per heavy atom. The minimum absolute atomic E-state index is 0.635. The van der Waals surface area contributed by atoms with Gasteiger partial charge in [-0.1, -0.05) is 23.7 Å². The van der Waals surface area contributed by atoms with Crippen LogP contribution in [0.3, 0.4) is 0 Å². The monoisotopic (exact) mass is 290 g/mol. The number of benzene rings is 1. The average molecular weight is 291 g/mol. The zero-order valence-corrected chi connectivity index (χ0v) is 12.4. The number of pyridine rings is 1. The van der Waals surface area contributed by atoms with Crippen LogP contribution < -0.4 is 4.74 Å². The first-order valence-corrected chi connectivity index (χ1v) is 7.08. The Morgan fingerprint density at radius 1 is 1.10 bits per heavy atom. The second kappa shape index (κ2) is 7.88. The van der Waals surface area contributed by atoms with Crippen molar-refractivity contribution >= 4 is 11.6 Å². The van der Waals surface area contributed by atoms with E-state index in [1.54, 1.807) is 0 Å². The Kier molecular flexibility index (Phi) is 5.84. The summed E-state index contributed by atoms with van der Waals surface area (Å²) in [6, 6.07) is 11.6. The predicted molar refractivity (Wildman–Crippen MR) is 82.4 cm³/mol. The maximum atomic E-state index is 6.04. The summed E-state index contributed by atoms with van der Waals surface area (Å²) in [5.41, 5.74) is 1.30. The van der Waals surface area contributed by atoms with E-state index in [0.29, 0.717) is 11.6 Å². The van der Waals surface area contributed by atoms with Crippen LogP contribution in [-0.4, -0.2) is 36.6 Å². The number of nitrogens with zero attached hydrogens (tertiary/aromatic N) is 2. The van der Waals surface area contributed by atoms with E-state index < -0.39 is 0 Å². The van der Waals surface area contributed by atoms with Gasteiger partial charge in [-0.3, -0.25) is 4.98 Å². The van der Waals surface area contributed by atoms with Gasteiger partial charge < -0.3 is 9.64 Å². The lowest BCUT2D eigenvalue weighted by Gasteiger charge is -2.17. The number of likely N-dealkylation sites (N-methyl/N-ethyl adjacent to an activating group) is 1. The molecule has 0 aliphatic heterocycles. The van der Waals surface area contributed by atoms with Gasteiger partial charge in [-0.2, -0.15) is 0 Å². The van der Waals surface area contributed by atoms with Crippen molar-refractivity contribution in [2.24, 2.45) is 0 Å². The Hall–Kier alpha value is -1.58. The molecule has 0 radical (unpaired) electrons. The minimum atomic E-state index is 0.635. The highest BCUT2D eigenvalue weighted by Gasteiger charge is 2.02. The number of halogens is 1. The molecule has 1 aromatic heterocycles. The molecule has 0 saturated heterocycles. The lowest BCUT2D eigenvalue weighted by molar-refractivity contribution is 0.239. The first-order valence-electron chi connectivity index (χ1n) is 6.70. The molecule has 3 nitrogen and oxygen atoms in total. The maximum Gasteiger partial charge on any atom is 0.137 e. The summed E-state index contributed by atoms with van der Waals surface area (Å²) < 4.78 is 5.68. The Labute approximate surface area is 125 Å². The molecule has 1 aromatic carbocycles. The molecule has 0 amide bonds. The van der Waals surface area contributed by atoms with E-state index in [1.165, 1.54) is 5.56 Å². The summed E-state index contributed by atoms with van der Waals surface area (Å²) in [5.74, 6) is 0.747. The van der Waals surface area contributed by atoms with Gasteiger partial charge in [0.05, 0.1) is 5.02 Å². The summed E-state index contributed by atoms with van der Waals surface area (Å²) in [5, 5.41) is 0.659. The van der Waals surface area contributed by atoms with Gasteiger partial charge in [-0.05, 0) is 43.3 Å². The highest BCUT2D eigenvalue weighted by atomic mass is 35.5. The van der Waals surface area contributed by atoms with Crippen LogP contribution in [-0.2, 0) is 6.42 Å². The van der Waals surface area contributed by atoms with Crippen LogP contribution in [0.2, 0.25) is 5.02 Å². The maximum absolute atomic E-state index is 6.04. The van der Waals surface area contributed by atoms with Gasteiger partial charge in [0.1, 0.15) is 12.4 Å². The molecular formula is C16H19ClN2O. The summed E-state index contributed by atoms with van der Waals surface area (Å²) in [6.07, 6.45) is 4.68. The number of hydrogen-bond acceptors (Lipinski definition) is 3. The molecule has 0 aliphatic rings. The molecule has 0 spiro atoms. The quantitative estimate of drug-likeness (QED) is 0.782. The molecule has 0 unspecified atom stereocenters. The van der Waals surface area contributed by atoms with Crippen LogP contribution in [0.5, 0.6) is 5.75 Å². The molecule has 20 heavy (non-hydrogen) atoms. The van der Waals surface area contributed by atoms with E-state index in [1.807, 2.05) is 48.8 Å². The zero-order chi connectivity index (χ0) is 14.2. The topological polar surface area (TPSA) is 25.4 Å². The number of para-hydroxylation sites is 1. The van der Waals surface area contributed by atoms with Crippen LogP contribution >= 0.6 is 11.6 Å². The molecule has 0 fully saturated rings.